The van der Waals surface area contributed by atoms with E-state index in [-0.39, 0.29) is 11.5 Å². The van der Waals surface area contributed by atoms with Crippen LogP contribution in [0, 0.1) is 5.82 Å². The Morgan fingerprint density at radius 3 is 2.46 bits per heavy atom. The van der Waals surface area contributed by atoms with Gasteiger partial charge in [0.2, 0.25) is 10.0 Å². The van der Waals surface area contributed by atoms with Gasteiger partial charge in [-0.15, -0.1) is 0 Å². The molecule has 0 radical (unpaired) electrons. The molecule has 0 amide bonds. The van der Waals surface area contributed by atoms with E-state index in [0.717, 1.165) is 17.5 Å². The molecule has 0 atom stereocenters. The lowest BCUT2D eigenvalue weighted by molar-refractivity contribution is 0.600. The summed E-state index contributed by atoms with van der Waals surface area (Å²) in [5.41, 5.74) is 5.35. The molecule has 1 heterocycles. The van der Waals surface area contributed by atoms with Crippen molar-refractivity contribution in [3.63, 3.8) is 0 Å². The zero-order valence-electron chi connectivity index (χ0n) is 14.2. The Bertz CT molecular complexity index is 973. The Kier molecular flexibility index (Phi) is 5.28. The van der Waals surface area contributed by atoms with Gasteiger partial charge in [0.1, 0.15) is 11.5 Å². The van der Waals surface area contributed by atoms with Gasteiger partial charge in [0.05, 0.1) is 17.7 Å². The van der Waals surface area contributed by atoms with Gasteiger partial charge in [0.25, 0.3) is 0 Å². The molecule has 6 nitrogen and oxygen atoms in total. The molecule has 0 bridgehead atoms. The lowest BCUT2D eigenvalue weighted by Gasteiger charge is -2.18. The number of hydrogen-bond donors (Lipinski definition) is 1. The third-order valence-electron chi connectivity index (χ3n) is 3.77. The predicted molar refractivity (Wildman–Crippen MR) is 105 cm³/mol. The Morgan fingerprint density at radius 1 is 1.19 bits per heavy atom. The van der Waals surface area contributed by atoms with Crippen LogP contribution in [-0.2, 0) is 10.0 Å². The van der Waals surface area contributed by atoms with Crippen LogP contribution in [0.5, 0.6) is 0 Å². The van der Waals surface area contributed by atoms with Gasteiger partial charge in [-0.3, -0.25) is 9.73 Å². The van der Waals surface area contributed by atoms with Crippen molar-refractivity contribution in [1.82, 2.24) is 5.43 Å². The summed E-state index contributed by atoms with van der Waals surface area (Å²) in [6.45, 7) is 0. The van der Waals surface area contributed by atoms with Crippen LogP contribution in [0.3, 0.4) is 0 Å². The van der Waals surface area contributed by atoms with Crippen LogP contribution in [0.25, 0.3) is 0 Å². The van der Waals surface area contributed by atoms with Gasteiger partial charge < -0.3 is 0 Å². The van der Waals surface area contributed by atoms with Crippen LogP contribution in [0.1, 0.15) is 5.56 Å². The Balaban J connectivity index is 1.74. The van der Waals surface area contributed by atoms with Gasteiger partial charge in [0.15, 0.2) is 5.17 Å². The van der Waals surface area contributed by atoms with Gasteiger partial charge in [-0.1, -0.05) is 36.0 Å². The molecule has 9 heteroatoms. The molecule has 1 N–H and O–H groups in total. The van der Waals surface area contributed by atoms with Crippen molar-refractivity contribution in [2.45, 2.75) is 0 Å². The van der Waals surface area contributed by atoms with Crippen LogP contribution < -0.4 is 9.73 Å². The summed E-state index contributed by atoms with van der Waals surface area (Å²) in [7, 11) is -1.79. The molecule has 0 saturated heterocycles. The number of thioether (sulfide) groups is 1. The van der Waals surface area contributed by atoms with Crippen molar-refractivity contribution in [3.05, 3.63) is 59.9 Å². The van der Waals surface area contributed by atoms with Crippen molar-refractivity contribution in [2.75, 3.05) is 23.4 Å². The van der Waals surface area contributed by atoms with E-state index in [9.17, 15) is 12.8 Å². The molecule has 26 heavy (non-hydrogen) atoms. The third kappa shape index (κ3) is 4.23. The van der Waals surface area contributed by atoms with E-state index in [4.69, 9.17) is 0 Å². The fourth-order valence-corrected chi connectivity index (χ4v) is 3.51. The number of hydrogen-bond acceptors (Lipinski definition) is 5. The summed E-state index contributed by atoms with van der Waals surface area (Å²) in [6, 6.07) is 13.4. The molecule has 136 valence electrons. The summed E-state index contributed by atoms with van der Waals surface area (Å²) in [4.78, 5) is 4.22. The van der Waals surface area contributed by atoms with Crippen molar-refractivity contribution < 1.29 is 12.8 Å². The van der Waals surface area contributed by atoms with Gasteiger partial charge in [-0.2, -0.15) is 5.10 Å². The highest BCUT2D eigenvalue weighted by Crippen LogP contribution is 2.22. The van der Waals surface area contributed by atoms with Crippen molar-refractivity contribution in [1.29, 1.82) is 0 Å². The molecular formula is C17H17FN4O2S2. The summed E-state index contributed by atoms with van der Waals surface area (Å²) in [5.74, 6) is 0.185. The highest BCUT2D eigenvalue weighted by molar-refractivity contribution is 8.14. The van der Waals surface area contributed by atoms with Crippen LogP contribution in [0.2, 0.25) is 0 Å². The molecule has 2 aromatic carbocycles. The SMILES string of the molecule is CN(c1ccc(C2=NNC(=Nc3ccccc3F)SC2)cc1)S(C)(=O)=O. The molecule has 0 aliphatic carbocycles. The second-order valence-electron chi connectivity index (χ2n) is 5.60. The van der Waals surface area contributed by atoms with Crippen molar-refractivity contribution >= 4 is 44.0 Å². The lowest BCUT2D eigenvalue weighted by Crippen LogP contribution is -2.26. The topological polar surface area (TPSA) is 74.1 Å². The Morgan fingerprint density at radius 2 is 1.88 bits per heavy atom. The number of sulfonamides is 1. The van der Waals surface area contributed by atoms with Crippen LogP contribution in [-0.4, -0.2) is 38.4 Å². The number of rotatable bonds is 4. The molecule has 0 fully saturated rings. The maximum Gasteiger partial charge on any atom is 0.231 e. The smallest absolute Gasteiger partial charge is 0.231 e. The number of nitrogens with zero attached hydrogens (tertiary/aromatic N) is 3. The minimum absolute atomic E-state index is 0.259. The summed E-state index contributed by atoms with van der Waals surface area (Å²) in [6.07, 6.45) is 1.16. The minimum atomic E-state index is -3.29. The van der Waals surface area contributed by atoms with E-state index in [1.807, 2.05) is 12.1 Å². The van der Waals surface area contributed by atoms with E-state index in [1.165, 1.54) is 29.2 Å². The number of para-hydroxylation sites is 1. The summed E-state index contributed by atoms with van der Waals surface area (Å²) < 4.78 is 38.0. The quantitative estimate of drug-likeness (QED) is 0.868. The van der Waals surface area contributed by atoms with Crippen LogP contribution >= 0.6 is 11.8 Å². The summed E-state index contributed by atoms with van der Waals surface area (Å²) >= 11 is 1.42. The number of amidine groups is 1. The van der Waals surface area contributed by atoms with Crippen LogP contribution in [0.15, 0.2) is 58.6 Å². The maximum absolute atomic E-state index is 13.6. The Labute approximate surface area is 155 Å². The molecule has 1 aliphatic heterocycles. The molecular weight excluding hydrogens is 375 g/mol. The number of hydrazone groups is 1. The van der Waals surface area contributed by atoms with E-state index in [2.05, 4.69) is 15.5 Å². The zero-order valence-corrected chi connectivity index (χ0v) is 15.8. The fraction of sp³-hybridized carbons (Fsp3) is 0.176. The first kappa shape index (κ1) is 18.4. The van der Waals surface area contributed by atoms with E-state index < -0.39 is 10.0 Å². The standard InChI is InChI=1S/C17H17FN4O2S2/c1-22(26(2,23)24)13-9-7-12(8-10-13)16-11-25-17(21-20-16)19-15-6-4-3-5-14(15)18/h3-10H,11H2,1-2H3,(H,19,21). The number of anilines is 1. The maximum atomic E-state index is 13.6. The van der Waals surface area contributed by atoms with Crippen molar-refractivity contribution in [3.8, 4) is 0 Å². The fourth-order valence-electron chi connectivity index (χ4n) is 2.23. The molecule has 3 rings (SSSR count). The average molecular weight is 392 g/mol. The predicted octanol–water partition coefficient (Wildman–Crippen LogP) is 2.95. The van der Waals surface area contributed by atoms with Gasteiger partial charge in [-0.25, -0.2) is 17.8 Å². The third-order valence-corrected chi connectivity index (χ3v) is 5.85. The normalized spacial score (nSPS) is 16.1. The Hall–Kier alpha value is -2.39. The number of halogens is 1. The summed E-state index contributed by atoms with van der Waals surface area (Å²) in [5, 5.41) is 4.81. The van der Waals surface area contributed by atoms with Crippen molar-refractivity contribution in [2.24, 2.45) is 10.1 Å². The molecule has 0 aromatic heterocycles. The molecule has 0 unspecified atom stereocenters. The molecule has 0 spiro atoms. The highest BCUT2D eigenvalue weighted by Gasteiger charge is 2.16. The first-order valence-electron chi connectivity index (χ1n) is 7.67. The zero-order chi connectivity index (χ0) is 18.7. The first-order chi connectivity index (χ1) is 12.3. The molecule has 1 aliphatic rings. The van der Waals surface area contributed by atoms with Gasteiger partial charge in [-0.05, 0) is 29.8 Å². The second-order valence-corrected chi connectivity index (χ2v) is 8.58. The van der Waals surface area contributed by atoms with Gasteiger partial charge in [0, 0.05) is 12.8 Å². The van der Waals surface area contributed by atoms with E-state index >= 15 is 0 Å². The molecule has 0 saturated carbocycles. The lowest BCUT2D eigenvalue weighted by atomic mass is 10.1. The number of nitrogens with one attached hydrogen (secondary N) is 1. The first-order valence-corrected chi connectivity index (χ1v) is 10.5. The van der Waals surface area contributed by atoms with Crippen LogP contribution in [0.4, 0.5) is 15.8 Å². The number of aliphatic imine (C=N–C) groups is 1. The average Bonchev–Trinajstić information content (AvgIpc) is 2.63. The second kappa shape index (κ2) is 7.46. The van der Waals surface area contributed by atoms with Gasteiger partial charge >= 0.3 is 0 Å². The largest absolute Gasteiger partial charge is 0.274 e. The molecule has 2 aromatic rings. The highest BCUT2D eigenvalue weighted by atomic mass is 32.2. The minimum Gasteiger partial charge on any atom is -0.274 e. The van der Waals surface area contributed by atoms with E-state index in [1.54, 1.807) is 30.3 Å². The number of benzene rings is 2. The monoisotopic (exact) mass is 392 g/mol. The van der Waals surface area contributed by atoms with E-state index in [0.29, 0.717) is 16.6 Å².